The standard InChI is InChI=1S/C11H12O4/c1-2-8(12)6-13-9-3-4-10-11(5-9)15-7-14-10/h3-5H,2,6-7H2,1H3. The van der Waals surface area contributed by atoms with E-state index in [1.54, 1.807) is 18.2 Å². The Kier molecular flexibility index (Phi) is 2.76. The minimum Gasteiger partial charge on any atom is -0.486 e. The summed E-state index contributed by atoms with van der Waals surface area (Å²) >= 11 is 0. The van der Waals surface area contributed by atoms with Crippen molar-refractivity contribution in [3.05, 3.63) is 18.2 Å². The third-order valence-corrected chi connectivity index (χ3v) is 2.14. The molecule has 15 heavy (non-hydrogen) atoms. The molecule has 1 aliphatic heterocycles. The Labute approximate surface area is 87.8 Å². The number of hydrogen-bond acceptors (Lipinski definition) is 4. The van der Waals surface area contributed by atoms with Crippen LogP contribution in [0.3, 0.4) is 0 Å². The van der Waals surface area contributed by atoms with E-state index in [0.717, 1.165) is 0 Å². The fourth-order valence-electron chi connectivity index (χ4n) is 1.23. The van der Waals surface area contributed by atoms with Gasteiger partial charge in [-0.1, -0.05) is 6.92 Å². The zero-order valence-electron chi connectivity index (χ0n) is 8.49. The monoisotopic (exact) mass is 208 g/mol. The molecule has 0 N–H and O–H groups in total. The van der Waals surface area contributed by atoms with Gasteiger partial charge in [0, 0.05) is 12.5 Å². The van der Waals surface area contributed by atoms with Crippen LogP contribution in [0.4, 0.5) is 0 Å². The van der Waals surface area contributed by atoms with Crippen LogP contribution in [0.5, 0.6) is 17.2 Å². The van der Waals surface area contributed by atoms with Crippen LogP contribution in [0.2, 0.25) is 0 Å². The van der Waals surface area contributed by atoms with Crippen molar-refractivity contribution in [1.29, 1.82) is 0 Å². The zero-order chi connectivity index (χ0) is 10.7. The smallest absolute Gasteiger partial charge is 0.231 e. The average Bonchev–Trinajstić information content (AvgIpc) is 2.72. The van der Waals surface area contributed by atoms with E-state index < -0.39 is 0 Å². The molecule has 80 valence electrons. The molecule has 1 aliphatic rings. The summed E-state index contributed by atoms with van der Waals surface area (Å²) in [6.45, 7) is 2.16. The quantitative estimate of drug-likeness (QED) is 0.756. The molecule has 0 bridgehead atoms. The van der Waals surface area contributed by atoms with Gasteiger partial charge in [-0.2, -0.15) is 0 Å². The van der Waals surface area contributed by atoms with Gasteiger partial charge in [-0.05, 0) is 12.1 Å². The van der Waals surface area contributed by atoms with Gasteiger partial charge in [-0.3, -0.25) is 4.79 Å². The van der Waals surface area contributed by atoms with E-state index in [2.05, 4.69) is 0 Å². The molecule has 0 unspecified atom stereocenters. The first kappa shape index (κ1) is 9.83. The third-order valence-electron chi connectivity index (χ3n) is 2.14. The second-order valence-corrected chi connectivity index (χ2v) is 3.20. The number of ether oxygens (including phenoxy) is 3. The second-order valence-electron chi connectivity index (χ2n) is 3.20. The summed E-state index contributed by atoms with van der Waals surface area (Å²) in [5.74, 6) is 2.08. The van der Waals surface area contributed by atoms with Crippen molar-refractivity contribution < 1.29 is 19.0 Å². The normalized spacial score (nSPS) is 12.6. The van der Waals surface area contributed by atoms with Crippen molar-refractivity contribution in [2.24, 2.45) is 0 Å². The lowest BCUT2D eigenvalue weighted by Crippen LogP contribution is -2.09. The molecule has 0 aliphatic carbocycles. The molecule has 0 radical (unpaired) electrons. The highest BCUT2D eigenvalue weighted by Gasteiger charge is 2.13. The molecule has 0 saturated heterocycles. The minimum atomic E-state index is 0.0765. The Bertz CT molecular complexity index is 373. The molecule has 0 amide bonds. The van der Waals surface area contributed by atoms with Gasteiger partial charge in [0.05, 0.1) is 0 Å². The first-order valence-electron chi connectivity index (χ1n) is 4.83. The lowest BCUT2D eigenvalue weighted by atomic mass is 10.3. The summed E-state index contributed by atoms with van der Waals surface area (Å²) < 4.78 is 15.6. The highest BCUT2D eigenvalue weighted by atomic mass is 16.7. The van der Waals surface area contributed by atoms with Crippen molar-refractivity contribution in [1.82, 2.24) is 0 Å². The van der Waals surface area contributed by atoms with E-state index >= 15 is 0 Å². The third kappa shape index (κ3) is 2.21. The summed E-state index contributed by atoms with van der Waals surface area (Å²) in [7, 11) is 0. The molecule has 4 heteroatoms. The number of ketones is 1. The largest absolute Gasteiger partial charge is 0.486 e. The fourth-order valence-corrected chi connectivity index (χ4v) is 1.23. The van der Waals surface area contributed by atoms with Crippen molar-refractivity contribution in [2.75, 3.05) is 13.4 Å². The van der Waals surface area contributed by atoms with Gasteiger partial charge in [0.1, 0.15) is 12.4 Å². The molecule has 4 nitrogen and oxygen atoms in total. The molecule has 2 rings (SSSR count). The predicted octanol–water partition coefficient (Wildman–Crippen LogP) is 1.77. The maximum atomic E-state index is 11.0. The van der Waals surface area contributed by atoms with E-state index in [0.29, 0.717) is 23.7 Å². The van der Waals surface area contributed by atoms with Crippen molar-refractivity contribution in [2.45, 2.75) is 13.3 Å². The number of hydrogen-bond donors (Lipinski definition) is 0. The molecular weight excluding hydrogens is 196 g/mol. The van der Waals surface area contributed by atoms with E-state index in [-0.39, 0.29) is 19.2 Å². The molecule has 0 saturated carbocycles. The van der Waals surface area contributed by atoms with Crippen LogP contribution in [0.25, 0.3) is 0 Å². The number of carbonyl (C=O) groups is 1. The molecule has 0 spiro atoms. The van der Waals surface area contributed by atoms with Crippen molar-refractivity contribution in [3.8, 4) is 17.2 Å². The first-order valence-corrected chi connectivity index (χ1v) is 4.83. The Balaban J connectivity index is 2.01. The van der Waals surface area contributed by atoms with E-state index in [1.165, 1.54) is 0 Å². The van der Waals surface area contributed by atoms with E-state index in [1.807, 2.05) is 6.92 Å². The average molecular weight is 208 g/mol. The summed E-state index contributed by atoms with van der Waals surface area (Å²) in [5.41, 5.74) is 0. The number of carbonyl (C=O) groups excluding carboxylic acids is 1. The van der Waals surface area contributed by atoms with Crippen molar-refractivity contribution in [3.63, 3.8) is 0 Å². The van der Waals surface area contributed by atoms with Crippen LogP contribution < -0.4 is 14.2 Å². The number of fused-ring (bicyclic) bond motifs is 1. The fraction of sp³-hybridized carbons (Fsp3) is 0.364. The second kappa shape index (κ2) is 4.21. The topological polar surface area (TPSA) is 44.8 Å². The predicted molar refractivity (Wildman–Crippen MR) is 53.4 cm³/mol. The molecule has 1 aromatic rings. The summed E-state index contributed by atoms with van der Waals surface area (Å²) in [5, 5.41) is 0. The van der Waals surface area contributed by atoms with Crippen LogP contribution in [-0.4, -0.2) is 19.2 Å². The molecule has 1 aromatic carbocycles. The molecule has 1 heterocycles. The number of rotatable bonds is 4. The SMILES string of the molecule is CCC(=O)COc1ccc2c(c1)OCO2. The van der Waals surface area contributed by atoms with Gasteiger partial charge >= 0.3 is 0 Å². The van der Waals surface area contributed by atoms with Crippen LogP contribution in [-0.2, 0) is 4.79 Å². The van der Waals surface area contributed by atoms with Gasteiger partial charge < -0.3 is 14.2 Å². The van der Waals surface area contributed by atoms with Crippen LogP contribution in [0, 0.1) is 0 Å². The van der Waals surface area contributed by atoms with Crippen molar-refractivity contribution >= 4 is 5.78 Å². The van der Waals surface area contributed by atoms with E-state index in [4.69, 9.17) is 14.2 Å². The summed E-state index contributed by atoms with van der Waals surface area (Å²) in [6.07, 6.45) is 0.491. The van der Waals surface area contributed by atoms with Crippen LogP contribution in [0.15, 0.2) is 18.2 Å². The van der Waals surface area contributed by atoms with Crippen LogP contribution >= 0.6 is 0 Å². The zero-order valence-corrected chi connectivity index (χ0v) is 8.49. The lowest BCUT2D eigenvalue weighted by Gasteiger charge is -2.04. The maximum absolute atomic E-state index is 11.0. The summed E-state index contributed by atoms with van der Waals surface area (Å²) in [4.78, 5) is 11.0. The van der Waals surface area contributed by atoms with Gasteiger partial charge in [0.15, 0.2) is 17.3 Å². The maximum Gasteiger partial charge on any atom is 0.231 e. The molecule has 0 atom stereocenters. The van der Waals surface area contributed by atoms with E-state index in [9.17, 15) is 4.79 Å². The highest BCUT2D eigenvalue weighted by Crippen LogP contribution is 2.34. The lowest BCUT2D eigenvalue weighted by molar-refractivity contribution is -0.120. The Hall–Kier alpha value is -1.71. The van der Waals surface area contributed by atoms with Gasteiger partial charge in [-0.15, -0.1) is 0 Å². The number of Topliss-reactive ketones (excluding diaryl/α,β-unsaturated/α-hetero) is 1. The Morgan fingerprint density at radius 3 is 3.00 bits per heavy atom. The Morgan fingerprint density at radius 1 is 1.40 bits per heavy atom. The van der Waals surface area contributed by atoms with Crippen LogP contribution in [0.1, 0.15) is 13.3 Å². The molecule has 0 aromatic heterocycles. The number of benzene rings is 1. The summed E-state index contributed by atoms with van der Waals surface area (Å²) in [6, 6.07) is 5.26. The Morgan fingerprint density at radius 2 is 2.20 bits per heavy atom. The van der Waals surface area contributed by atoms with Gasteiger partial charge in [-0.25, -0.2) is 0 Å². The van der Waals surface area contributed by atoms with Gasteiger partial charge in [0.25, 0.3) is 0 Å². The van der Waals surface area contributed by atoms with Gasteiger partial charge in [0.2, 0.25) is 6.79 Å². The molecular formula is C11H12O4. The minimum absolute atomic E-state index is 0.0765. The highest BCUT2D eigenvalue weighted by molar-refractivity contribution is 5.79. The molecule has 0 fully saturated rings. The first-order chi connectivity index (χ1) is 7.29.